The highest BCUT2D eigenvalue weighted by molar-refractivity contribution is 6.31. The van der Waals surface area contributed by atoms with Crippen LogP contribution in [-0.2, 0) is 6.61 Å². The molecule has 0 bridgehead atoms. The quantitative estimate of drug-likeness (QED) is 0.651. The second-order valence-electron chi connectivity index (χ2n) is 6.53. The van der Waals surface area contributed by atoms with Crippen molar-refractivity contribution >= 4 is 34.3 Å². The number of aliphatic hydroxyl groups excluding tert-OH is 1. The molecule has 0 atom stereocenters. The van der Waals surface area contributed by atoms with Crippen LogP contribution in [0.5, 0.6) is 0 Å². The van der Waals surface area contributed by atoms with Gasteiger partial charge in [0.25, 0.3) is 0 Å². The summed E-state index contributed by atoms with van der Waals surface area (Å²) in [4.78, 5) is 15.0. The molecular weight excluding hydrogens is 342 g/mol. The van der Waals surface area contributed by atoms with Crippen molar-refractivity contribution in [2.75, 3.05) is 11.9 Å². The van der Waals surface area contributed by atoms with Gasteiger partial charge in [-0.05, 0) is 49.8 Å². The van der Waals surface area contributed by atoms with Crippen LogP contribution in [0, 0.1) is 5.92 Å². The van der Waals surface area contributed by atoms with Crippen molar-refractivity contribution in [3.05, 3.63) is 35.0 Å². The molecule has 0 unspecified atom stereocenters. The molecule has 1 amide bonds. The van der Waals surface area contributed by atoms with Gasteiger partial charge < -0.3 is 20.8 Å². The minimum Gasteiger partial charge on any atom is -0.465 e. The molecule has 0 radical (unpaired) electrons. The molecule has 0 saturated heterocycles. The predicted octanol–water partition coefficient (Wildman–Crippen LogP) is 3.62. The highest BCUT2D eigenvalue weighted by atomic mass is 35.5. The first kappa shape index (κ1) is 17.8. The van der Waals surface area contributed by atoms with Crippen molar-refractivity contribution in [2.24, 2.45) is 5.92 Å². The average Bonchev–Trinajstić information content (AvgIpc) is 2.61. The van der Waals surface area contributed by atoms with E-state index >= 15 is 0 Å². The maximum atomic E-state index is 10.6. The molecule has 1 fully saturated rings. The van der Waals surface area contributed by atoms with Gasteiger partial charge in [-0.25, -0.2) is 4.79 Å². The molecule has 1 heterocycles. The first-order valence-corrected chi connectivity index (χ1v) is 8.86. The molecule has 3 rings (SSSR count). The summed E-state index contributed by atoms with van der Waals surface area (Å²) in [5.74, 6) is 0.384. The summed E-state index contributed by atoms with van der Waals surface area (Å²) >= 11 is 6.14. The standard InChI is InChI=1S/C18H22ClN3O3/c19-13-3-6-16-15(7-13)17(12(10-23)9-20-16)22-14-4-1-11(2-5-14)8-21-18(24)25/h3,6-7,9,11,14,21,23H,1-2,4-5,8,10H2,(H,20,22)(H,24,25). The van der Waals surface area contributed by atoms with Crippen molar-refractivity contribution < 1.29 is 15.0 Å². The molecule has 7 heteroatoms. The number of anilines is 1. The van der Waals surface area contributed by atoms with Gasteiger partial charge >= 0.3 is 6.09 Å². The summed E-state index contributed by atoms with van der Waals surface area (Å²) in [5, 5.41) is 25.9. The summed E-state index contributed by atoms with van der Waals surface area (Å²) in [7, 11) is 0. The molecule has 1 aromatic carbocycles. The summed E-state index contributed by atoms with van der Waals surface area (Å²) in [6.07, 6.45) is 4.59. The van der Waals surface area contributed by atoms with Crippen LogP contribution in [0.3, 0.4) is 0 Å². The molecule has 1 aliphatic rings. The van der Waals surface area contributed by atoms with Crippen molar-refractivity contribution in [1.29, 1.82) is 0 Å². The molecule has 6 nitrogen and oxygen atoms in total. The van der Waals surface area contributed by atoms with Crippen molar-refractivity contribution in [3.63, 3.8) is 0 Å². The number of nitrogens with one attached hydrogen (secondary N) is 2. The van der Waals surface area contributed by atoms with E-state index in [9.17, 15) is 9.90 Å². The Morgan fingerprint density at radius 3 is 2.72 bits per heavy atom. The molecular formula is C18H22ClN3O3. The fraction of sp³-hybridized carbons (Fsp3) is 0.444. The van der Waals surface area contributed by atoms with Gasteiger partial charge in [-0.1, -0.05) is 11.6 Å². The zero-order valence-corrected chi connectivity index (χ0v) is 14.6. The number of aliphatic hydroxyl groups is 1. The Bertz CT molecular complexity index is 761. The van der Waals surface area contributed by atoms with Crippen LogP contribution in [0.1, 0.15) is 31.2 Å². The van der Waals surface area contributed by atoms with Crippen molar-refractivity contribution in [1.82, 2.24) is 10.3 Å². The number of carboxylic acid groups (broad SMARTS) is 1. The Morgan fingerprint density at radius 2 is 2.04 bits per heavy atom. The predicted molar refractivity (Wildman–Crippen MR) is 98.1 cm³/mol. The largest absolute Gasteiger partial charge is 0.465 e. The summed E-state index contributed by atoms with van der Waals surface area (Å²) in [6.45, 7) is 0.424. The lowest BCUT2D eigenvalue weighted by atomic mass is 9.85. The fourth-order valence-electron chi connectivity index (χ4n) is 3.44. The minimum absolute atomic E-state index is 0.0876. The lowest BCUT2D eigenvalue weighted by molar-refractivity contribution is 0.190. The first-order chi connectivity index (χ1) is 12.1. The number of amides is 1. The van der Waals surface area contributed by atoms with Gasteiger partial charge in [0.2, 0.25) is 0 Å². The molecule has 1 aromatic heterocycles. The van der Waals surface area contributed by atoms with Crippen LogP contribution in [0.4, 0.5) is 10.5 Å². The Hall–Kier alpha value is -2.05. The molecule has 0 aliphatic heterocycles. The van der Waals surface area contributed by atoms with Gasteiger partial charge in [-0.2, -0.15) is 0 Å². The van der Waals surface area contributed by atoms with E-state index in [0.717, 1.165) is 47.8 Å². The number of carbonyl (C=O) groups is 1. The zero-order chi connectivity index (χ0) is 17.8. The van der Waals surface area contributed by atoms with Gasteiger partial charge in [0.15, 0.2) is 0 Å². The van der Waals surface area contributed by atoms with E-state index in [4.69, 9.17) is 16.7 Å². The smallest absolute Gasteiger partial charge is 0.404 e. The van der Waals surface area contributed by atoms with E-state index in [1.165, 1.54) is 0 Å². The number of hydrogen-bond donors (Lipinski definition) is 4. The number of halogens is 1. The van der Waals surface area contributed by atoms with Gasteiger partial charge in [0.1, 0.15) is 0 Å². The molecule has 4 N–H and O–H groups in total. The van der Waals surface area contributed by atoms with Gasteiger partial charge in [-0.15, -0.1) is 0 Å². The van der Waals surface area contributed by atoms with Crippen LogP contribution in [0.15, 0.2) is 24.4 Å². The SMILES string of the molecule is O=C(O)NCC1CCC(Nc2c(CO)cnc3ccc(Cl)cc23)CC1. The van der Waals surface area contributed by atoms with Crippen LogP contribution in [-0.4, -0.2) is 33.9 Å². The fourth-order valence-corrected chi connectivity index (χ4v) is 3.62. The molecule has 1 aliphatic carbocycles. The van der Waals surface area contributed by atoms with E-state index in [-0.39, 0.29) is 12.6 Å². The number of aromatic nitrogens is 1. The van der Waals surface area contributed by atoms with Crippen molar-refractivity contribution in [3.8, 4) is 0 Å². The van der Waals surface area contributed by atoms with Crippen LogP contribution < -0.4 is 10.6 Å². The zero-order valence-electron chi connectivity index (χ0n) is 13.8. The molecule has 134 valence electrons. The Morgan fingerprint density at radius 1 is 1.28 bits per heavy atom. The number of fused-ring (bicyclic) bond motifs is 1. The van der Waals surface area contributed by atoms with Gasteiger partial charge in [0.05, 0.1) is 17.8 Å². The van der Waals surface area contributed by atoms with Crippen LogP contribution >= 0.6 is 11.6 Å². The van der Waals surface area contributed by atoms with E-state index in [1.807, 2.05) is 12.1 Å². The molecule has 2 aromatic rings. The Balaban J connectivity index is 1.73. The van der Waals surface area contributed by atoms with E-state index in [1.54, 1.807) is 12.3 Å². The maximum Gasteiger partial charge on any atom is 0.404 e. The first-order valence-electron chi connectivity index (χ1n) is 8.48. The Labute approximate surface area is 151 Å². The minimum atomic E-state index is -0.965. The van der Waals surface area contributed by atoms with E-state index < -0.39 is 6.09 Å². The number of nitrogens with zero attached hydrogens (tertiary/aromatic N) is 1. The van der Waals surface area contributed by atoms with Gasteiger partial charge in [-0.3, -0.25) is 4.98 Å². The number of benzene rings is 1. The highest BCUT2D eigenvalue weighted by Crippen LogP contribution is 2.32. The molecule has 0 spiro atoms. The third-order valence-corrected chi connectivity index (χ3v) is 5.05. The summed E-state index contributed by atoms with van der Waals surface area (Å²) in [5.41, 5.74) is 2.48. The Kier molecular flexibility index (Phi) is 5.60. The monoisotopic (exact) mass is 363 g/mol. The topological polar surface area (TPSA) is 94.5 Å². The highest BCUT2D eigenvalue weighted by Gasteiger charge is 2.22. The third kappa shape index (κ3) is 4.32. The average molecular weight is 364 g/mol. The second-order valence-corrected chi connectivity index (χ2v) is 6.96. The summed E-state index contributed by atoms with van der Waals surface area (Å²) < 4.78 is 0. The van der Waals surface area contributed by atoms with Crippen molar-refractivity contribution in [2.45, 2.75) is 38.3 Å². The second kappa shape index (κ2) is 7.89. The van der Waals surface area contributed by atoms with E-state index in [2.05, 4.69) is 15.6 Å². The number of pyridine rings is 1. The van der Waals surface area contributed by atoms with Crippen LogP contribution in [0.25, 0.3) is 10.9 Å². The molecule has 25 heavy (non-hydrogen) atoms. The number of hydrogen-bond acceptors (Lipinski definition) is 4. The van der Waals surface area contributed by atoms with Gasteiger partial charge in [0, 0.05) is 34.8 Å². The lowest BCUT2D eigenvalue weighted by Gasteiger charge is -2.30. The maximum absolute atomic E-state index is 10.6. The van der Waals surface area contributed by atoms with Crippen LogP contribution in [0.2, 0.25) is 5.02 Å². The van der Waals surface area contributed by atoms with E-state index in [0.29, 0.717) is 17.5 Å². The molecule has 1 saturated carbocycles. The lowest BCUT2D eigenvalue weighted by Crippen LogP contribution is -2.33. The number of rotatable bonds is 5. The third-order valence-electron chi connectivity index (χ3n) is 4.82. The normalized spacial score (nSPS) is 20.4. The summed E-state index contributed by atoms with van der Waals surface area (Å²) in [6, 6.07) is 5.84.